The Labute approximate surface area is 211 Å². The molecule has 2 amide bonds. The molecule has 4 N–H and O–H groups in total. The number of carbonyl (C=O) groups is 5. The van der Waals surface area contributed by atoms with Gasteiger partial charge in [-0.15, -0.1) is 0 Å². The quantitative estimate of drug-likeness (QED) is 0.182. The van der Waals surface area contributed by atoms with E-state index in [0.717, 1.165) is 11.5 Å². The van der Waals surface area contributed by atoms with Gasteiger partial charge in [-0.3, -0.25) is 24.0 Å². The molecule has 34 heavy (non-hydrogen) atoms. The Morgan fingerprint density at radius 1 is 0.794 bits per heavy atom. The molecule has 0 rings (SSSR count). The molecule has 0 heterocycles. The number of rotatable bonds is 11. The highest BCUT2D eigenvalue weighted by Gasteiger charge is 1.95. The van der Waals surface area contributed by atoms with E-state index >= 15 is 0 Å². The second-order valence-electron chi connectivity index (χ2n) is 6.14. The molecule has 0 aromatic rings. The maximum absolute atomic E-state index is 10.5. The first-order chi connectivity index (χ1) is 15.9. The van der Waals surface area contributed by atoms with Gasteiger partial charge < -0.3 is 25.6 Å². The second kappa shape index (κ2) is 44.4. The topological polar surface area (TPSA) is 159 Å². The molecule has 0 aromatic heterocycles. The molecule has 0 aliphatic carbocycles. The van der Waals surface area contributed by atoms with Gasteiger partial charge in [-0.05, 0) is 33.4 Å². The van der Waals surface area contributed by atoms with E-state index in [9.17, 15) is 24.0 Å². The minimum atomic E-state index is -0.745. The zero-order valence-electron chi connectivity index (χ0n) is 22.8. The van der Waals surface area contributed by atoms with Crippen molar-refractivity contribution < 1.29 is 38.9 Å². The van der Waals surface area contributed by atoms with E-state index in [-0.39, 0.29) is 30.9 Å². The minimum Gasteiger partial charge on any atom is -0.481 e. The van der Waals surface area contributed by atoms with Crippen molar-refractivity contribution in [3.8, 4) is 0 Å². The van der Waals surface area contributed by atoms with Gasteiger partial charge in [-0.2, -0.15) is 11.8 Å². The number of carboxylic acids is 2. The summed E-state index contributed by atoms with van der Waals surface area (Å²) < 4.78 is 4.83. The Kier molecular flexibility index (Phi) is 59.1. The lowest BCUT2D eigenvalue weighted by Gasteiger charge is -2.00. The first kappa shape index (κ1) is 45.2. The van der Waals surface area contributed by atoms with Crippen LogP contribution in [-0.2, 0) is 28.7 Å². The SMILES string of the molecule is CC.CC(C)NC=O.CC(C)NC=O.CCC(=O)O.CCC(=O)O.CCSCCOC(=O)CC. The highest BCUT2D eigenvalue weighted by atomic mass is 32.2. The Bertz CT molecular complexity index is 421. The molecule has 0 saturated carbocycles. The maximum Gasteiger partial charge on any atom is 0.305 e. The van der Waals surface area contributed by atoms with Gasteiger partial charge in [-0.25, -0.2) is 0 Å². The van der Waals surface area contributed by atoms with E-state index < -0.39 is 11.9 Å². The predicted molar refractivity (Wildman–Crippen MR) is 140 cm³/mol. The zero-order chi connectivity index (χ0) is 28.4. The van der Waals surface area contributed by atoms with E-state index in [1.807, 2.05) is 41.5 Å². The van der Waals surface area contributed by atoms with Gasteiger partial charge in [0.2, 0.25) is 12.8 Å². The van der Waals surface area contributed by atoms with Gasteiger partial charge in [0.25, 0.3) is 0 Å². The molecule has 0 saturated heterocycles. The summed E-state index contributed by atoms with van der Waals surface area (Å²) >= 11 is 1.78. The summed E-state index contributed by atoms with van der Waals surface area (Å²) in [5.74, 6) is 0.415. The molecule has 0 bridgehead atoms. The smallest absolute Gasteiger partial charge is 0.305 e. The van der Waals surface area contributed by atoms with Gasteiger partial charge in [0, 0.05) is 37.1 Å². The van der Waals surface area contributed by atoms with Crippen LogP contribution in [0.1, 0.15) is 88.5 Å². The summed E-state index contributed by atoms with van der Waals surface area (Å²) in [4.78, 5) is 48.3. The van der Waals surface area contributed by atoms with Gasteiger partial charge in [0.05, 0.1) is 0 Å². The van der Waals surface area contributed by atoms with E-state index in [0.29, 0.717) is 25.8 Å². The number of esters is 1. The molecular weight excluding hydrogens is 464 g/mol. The normalized spacial score (nSPS) is 8.12. The Morgan fingerprint density at radius 3 is 1.26 bits per heavy atom. The van der Waals surface area contributed by atoms with Crippen LogP contribution in [-0.4, -0.2) is 71.1 Å². The van der Waals surface area contributed by atoms with Crippen LogP contribution in [0, 0.1) is 0 Å². The number of ether oxygens (including phenoxy) is 1. The number of aliphatic carboxylic acids is 2. The summed E-state index contributed by atoms with van der Waals surface area (Å²) in [7, 11) is 0. The number of hydrogen-bond donors (Lipinski definition) is 4. The van der Waals surface area contributed by atoms with Crippen LogP contribution in [0.4, 0.5) is 0 Å². The van der Waals surface area contributed by atoms with Crippen LogP contribution in [0.3, 0.4) is 0 Å². The molecule has 0 fully saturated rings. The second-order valence-corrected chi connectivity index (χ2v) is 7.54. The lowest BCUT2D eigenvalue weighted by molar-refractivity contribution is -0.142. The summed E-state index contributed by atoms with van der Waals surface area (Å²) in [5, 5.41) is 20.5. The predicted octanol–water partition coefficient (Wildman–Crippen LogP) is 3.96. The molecule has 10 nitrogen and oxygen atoms in total. The average Bonchev–Trinajstić information content (AvgIpc) is 2.79. The van der Waals surface area contributed by atoms with Gasteiger partial charge in [0.1, 0.15) is 6.61 Å². The van der Waals surface area contributed by atoms with E-state index in [4.69, 9.17) is 14.9 Å². The number of amides is 2. The van der Waals surface area contributed by atoms with Crippen molar-refractivity contribution in [1.82, 2.24) is 10.6 Å². The monoisotopic (exact) mass is 514 g/mol. The van der Waals surface area contributed by atoms with E-state index in [1.165, 1.54) is 0 Å². The van der Waals surface area contributed by atoms with Crippen LogP contribution >= 0.6 is 11.8 Å². The van der Waals surface area contributed by atoms with Crippen LogP contribution in [0.5, 0.6) is 0 Å². The fourth-order valence-corrected chi connectivity index (χ4v) is 1.22. The van der Waals surface area contributed by atoms with Crippen molar-refractivity contribution in [3.05, 3.63) is 0 Å². The highest BCUT2D eigenvalue weighted by Crippen LogP contribution is 1.97. The molecule has 11 heteroatoms. The standard InChI is InChI=1S/C7H14O2S.2C4H9NO.2C3H6O2.C2H6/c1-3-7(8)9-5-6-10-4-2;2*1-4(2)5-3-6;2*1-2-3(4)5;1-2/h3-6H2,1-2H3;2*3-4H,1-2H3,(H,5,6);2*2H2,1H3,(H,4,5);1-2H3. The first-order valence-corrected chi connectivity index (χ1v) is 12.6. The zero-order valence-corrected chi connectivity index (χ0v) is 23.6. The van der Waals surface area contributed by atoms with Crippen molar-refractivity contribution in [2.24, 2.45) is 0 Å². The van der Waals surface area contributed by atoms with Crippen molar-refractivity contribution in [1.29, 1.82) is 0 Å². The van der Waals surface area contributed by atoms with Crippen LogP contribution < -0.4 is 10.6 Å². The van der Waals surface area contributed by atoms with Crippen molar-refractivity contribution in [2.45, 2.75) is 101 Å². The molecule has 0 unspecified atom stereocenters. The van der Waals surface area contributed by atoms with Crippen molar-refractivity contribution >= 4 is 42.5 Å². The van der Waals surface area contributed by atoms with E-state index in [2.05, 4.69) is 17.6 Å². The number of thioether (sulfide) groups is 1. The molecule has 0 aromatic carbocycles. The molecule has 0 aliphatic heterocycles. The summed E-state index contributed by atoms with van der Waals surface area (Å²) in [6.45, 7) is 19.3. The van der Waals surface area contributed by atoms with Crippen LogP contribution in [0.2, 0.25) is 0 Å². The fourth-order valence-electron chi connectivity index (χ4n) is 0.733. The summed E-state index contributed by atoms with van der Waals surface area (Å²) in [5.41, 5.74) is 0. The largest absolute Gasteiger partial charge is 0.481 e. The molecule has 0 aliphatic rings. The molecule has 206 valence electrons. The highest BCUT2D eigenvalue weighted by molar-refractivity contribution is 7.99. The Morgan fingerprint density at radius 2 is 1.12 bits per heavy atom. The summed E-state index contributed by atoms with van der Waals surface area (Å²) in [6, 6.07) is 0.560. The number of hydrogen-bond acceptors (Lipinski definition) is 7. The molecule has 0 atom stereocenters. The minimum absolute atomic E-state index is 0.100. The lowest BCUT2D eigenvalue weighted by Crippen LogP contribution is -2.19. The third-order valence-electron chi connectivity index (χ3n) is 2.39. The lowest BCUT2D eigenvalue weighted by atomic mass is 10.4. The van der Waals surface area contributed by atoms with Crippen molar-refractivity contribution in [3.63, 3.8) is 0 Å². The van der Waals surface area contributed by atoms with Crippen molar-refractivity contribution in [2.75, 3.05) is 18.1 Å². The van der Waals surface area contributed by atoms with E-state index in [1.54, 1.807) is 32.5 Å². The Balaban J connectivity index is -0.0000000727. The van der Waals surface area contributed by atoms with Crippen LogP contribution in [0.25, 0.3) is 0 Å². The number of carbonyl (C=O) groups excluding carboxylic acids is 3. The average molecular weight is 515 g/mol. The summed E-state index contributed by atoms with van der Waals surface area (Å²) in [6.07, 6.45) is 2.33. The van der Waals surface area contributed by atoms with Gasteiger partial charge in [0.15, 0.2) is 0 Å². The molecule has 0 radical (unpaired) electrons. The third-order valence-corrected chi connectivity index (χ3v) is 3.25. The van der Waals surface area contributed by atoms with Gasteiger partial charge in [-0.1, -0.05) is 41.5 Å². The number of carboxylic acid groups (broad SMARTS) is 2. The number of nitrogens with one attached hydrogen (secondary N) is 2. The fraction of sp³-hybridized carbons (Fsp3) is 0.783. The molecule has 0 spiro atoms. The first-order valence-electron chi connectivity index (χ1n) is 11.5. The van der Waals surface area contributed by atoms with Crippen LogP contribution in [0.15, 0.2) is 0 Å². The maximum atomic E-state index is 10.5. The molecular formula is C23H50N2O8S. The Hall–Kier alpha value is -2.30. The van der Waals surface area contributed by atoms with Gasteiger partial charge >= 0.3 is 17.9 Å². The third kappa shape index (κ3) is 99.2.